The molecule has 2 rings (SSSR count). The first kappa shape index (κ1) is 10.7. The first-order chi connectivity index (χ1) is 7.08. The van der Waals surface area contributed by atoms with Gasteiger partial charge in [-0.05, 0) is 26.3 Å². The molecule has 0 radical (unpaired) electrons. The SMILES string of the molecule is Cc1ccc(-c2nc(Cl)sc2C)c(C)c1. The van der Waals surface area contributed by atoms with Crippen LogP contribution < -0.4 is 0 Å². The molecule has 0 saturated heterocycles. The van der Waals surface area contributed by atoms with Crippen molar-refractivity contribution in [2.75, 3.05) is 0 Å². The lowest BCUT2D eigenvalue weighted by Gasteiger charge is -2.04. The van der Waals surface area contributed by atoms with Crippen molar-refractivity contribution in [1.29, 1.82) is 0 Å². The van der Waals surface area contributed by atoms with Crippen molar-refractivity contribution >= 4 is 22.9 Å². The minimum Gasteiger partial charge on any atom is -0.225 e. The van der Waals surface area contributed by atoms with Gasteiger partial charge in [0.25, 0.3) is 0 Å². The number of hydrogen-bond acceptors (Lipinski definition) is 2. The lowest BCUT2D eigenvalue weighted by Crippen LogP contribution is -1.86. The average Bonchev–Trinajstić information content (AvgIpc) is 2.45. The van der Waals surface area contributed by atoms with E-state index >= 15 is 0 Å². The van der Waals surface area contributed by atoms with Crippen LogP contribution in [0, 0.1) is 20.8 Å². The van der Waals surface area contributed by atoms with Crippen LogP contribution in [0.1, 0.15) is 16.0 Å². The fraction of sp³-hybridized carbons (Fsp3) is 0.250. The molecule has 0 fully saturated rings. The Labute approximate surface area is 98.7 Å². The van der Waals surface area contributed by atoms with E-state index in [4.69, 9.17) is 11.6 Å². The maximum Gasteiger partial charge on any atom is 0.184 e. The van der Waals surface area contributed by atoms with Gasteiger partial charge in [-0.1, -0.05) is 35.4 Å². The van der Waals surface area contributed by atoms with Crippen molar-refractivity contribution in [2.45, 2.75) is 20.8 Å². The fourth-order valence-corrected chi connectivity index (χ4v) is 2.77. The number of rotatable bonds is 1. The summed E-state index contributed by atoms with van der Waals surface area (Å²) in [7, 11) is 0. The standard InChI is InChI=1S/C12H12ClNS/c1-7-4-5-10(8(2)6-7)11-9(3)15-12(13)14-11/h4-6H,1-3H3. The molecular weight excluding hydrogens is 226 g/mol. The van der Waals surface area contributed by atoms with E-state index in [-0.39, 0.29) is 0 Å². The third-order valence-electron chi connectivity index (χ3n) is 2.41. The fourth-order valence-electron chi connectivity index (χ4n) is 1.69. The highest BCUT2D eigenvalue weighted by molar-refractivity contribution is 7.16. The van der Waals surface area contributed by atoms with Crippen molar-refractivity contribution in [1.82, 2.24) is 4.98 Å². The molecule has 3 heteroatoms. The summed E-state index contributed by atoms with van der Waals surface area (Å²) in [6.45, 7) is 6.25. The molecule has 2 aromatic rings. The topological polar surface area (TPSA) is 12.9 Å². The van der Waals surface area contributed by atoms with E-state index in [0.29, 0.717) is 4.47 Å². The molecule has 0 aliphatic heterocycles. The maximum atomic E-state index is 5.91. The van der Waals surface area contributed by atoms with Crippen molar-refractivity contribution in [2.24, 2.45) is 0 Å². The van der Waals surface area contributed by atoms with Gasteiger partial charge < -0.3 is 0 Å². The highest BCUT2D eigenvalue weighted by Gasteiger charge is 2.10. The minimum atomic E-state index is 0.613. The number of thiazole rings is 1. The normalized spacial score (nSPS) is 10.7. The van der Waals surface area contributed by atoms with Crippen LogP contribution in [-0.4, -0.2) is 4.98 Å². The molecule has 1 nitrogen and oxygen atoms in total. The van der Waals surface area contributed by atoms with E-state index in [9.17, 15) is 0 Å². The average molecular weight is 238 g/mol. The quantitative estimate of drug-likeness (QED) is 0.717. The largest absolute Gasteiger partial charge is 0.225 e. The molecule has 0 saturated carbocycles. The van der Waals surface area contributed by atoms with E-state index in [1.54, 1.807) is 0 Å². The van der Waals surface area contributed by atoms with Gasteiger partial charge in [-0.25, -0.2) is 4.98 Å². The van der Waals surface area contributed by atoms with Crippen LogP contribution in [0.25, 0.3) is 11.3 Å². The van der Waals surface area contributed by atoms with Crippen molar-refractivity contribution in [3.8, 4) is 11.3 Å². The summed E-state index contributed by atoms with van der Waals surface area (Å²) in [4.78, 5) is 5.53. The molecule has 1 aromatic heterocycles. The third kappa shape index (κ3) is 2.06. The zero-order chi connectivity index (χ0) is 11.0. The Kier molecular flexibility index (Phi) is 2.81. The van der Waals surface area contributed by atoms with Gasteiger partial charge in [0.05, 0.1) is 5.69 Å². The Bertz CT molecular complexity index is 502. The molecule has 0 N–H and O–H groups in total. The van der Waals surface area contributed by atoms with Crippen LogP contribution in [0.4, 0.5) is 0 Å². The molecule has 0 aliphatic carbocycles. The molecule has 1 aromatic carbocycles. The summed E-state index contributed by atoms with van der Waals surface area (Å²) in [6.07, 6.45) is 0. The molecule has 1 heterocycles. The third-order valence-corrected chi connectivity index (χ3v) is 3.48. The van der Waals surface area contributed by atoms with Crippen molar-refractivity contribution in [3.63, 3.8) is 0 Å². The zero-order valence-corrected chi connectivity index (χ0v) is 10.5. The molecule has 0 bridgehead atoms. The summed E-state index contributed by atoms with van der Waals surface area (Å²) < 4.78 is 0.613. The first-order valence-electron chi connectivity index (χ1n) is 4.78. The predicted molar refractivity (Wildman–Crippen MR) is 66.8 cm³/mol. The Morgan fingerprint density at radius 3 is 2.47 bits per heavy atom. The van der Waals surface area contributed by atoms with Gasteiger partial charge in [-0.15, -0.1) is 11.3 Å². The van der Waals surface area contributed by atoms with Gasteiger partial charge in [0, 0.05) is 10.4 Å². The van der Waals surface area contributed by atoms with E-state index in [1.165, 1.54) is 32.9 Å². The predicted octanol–water partition coefficient (Wildman–Crippen LogP) is 4.39. The summed E-state index contributed by atoms with van der Waals surface area (Å²) in [5.41, 5.74) is 4.72. The minimum absolute atomic E-state index is 0.613. The van der Waals surface area contributed by atoms with Crippen LogP contribution in [0.3, 0.4) is 0 Å². The van der Waals surface area contributed by atoms with Crippen LogP contribution in [0.5, 0.6) is 0 Å². The van der Waals surface area contributed by atoms with Gasteiger partial charge in [0.2, 0.25) is 0 Å². The van der Waals surface area contributed by atoms with E-state index in [1.807, 2.05) is 0 Å². The van der Waals surface area contributed by atoms with Crippen molar-refractivity contribution < 1.29 is 0 Å². The second kappa shape index (κ2) is 3.95. The Morgan fingerprint density at radius 1 is 1.20 bits per heavy atom. The molecule has 0 unspecified atom stereocenters. The summed E-state index contributed by atoms with van der Waals surface area (Å²) in [5.74, 6) is 0. The van der Waals surface area contributed by atoms with Crippen LogP contribution >= 0.6 is 22.9 Å². The zero-order valence-electron chi connectivity index (χ0n) is 8.97. The Hall–Kier alpha value is -0.860. The van der Waals surface area contributed by atoms with Crippen LogP contribution in [-0.2, 0) is 0 Å². The maximum absolute atomic E-state index is 5.91. The van der Waals surface area contributed by atoms with Gasteiger partial charge in [-0.2, -0.15) is 0 Å². The number of aryl methyl sites for hydroxylation is 3. The number of benzene rings is 1. The van der Waals surface area contributed by atoms with Gasteiger partial charge in [-0.3, -0.25) is 0 Å². The summed E-state index contributed by atoms with van der Waals surface area (Å²) >= 11 is 7.44. The number of nitrogens with zero attached hydrogens (tertiary/aromatic N) is 1. The summed E-state index contributed by atoms with van der Waals surface area (Å²) in [6, 6.07) is 6.39. The van der Waals surface area contributed by atoms with E-state index in [2.05, 4.69) is 44.0 Å². The second-order valence-corrected chi connectivity index (χ2v) is 5.48. The van der Waals surface area contributed by atoms with E-state index < -0.39 is 0 Å². The van der Waals surface area contributed by atoms with Gasteiger partial charge in [0.15, 0.2) is 4.47 Å². The molecule has 0 atom stereocenters. The van der Waals surface area contributed by atoms with Crippen LogP contribution in [0.2, 0.25) is 4.47 Å². The monoisotopic (exact) mass is 237 g/mol. The molecule has 0 amide bonds. The number of aromatic nitrogens is 1. The van der Waals surface area contributed by atoms with Gasteiger partial charge >= 0.3 is 0 Å². The summed E-state index contributed by atoms with van der Waals surface area (Å²) in [5, 5.41) is 0. The highest BCUT2D eigenvalue weighted by Crippen LogP contribution is 2.32. The first-order valence-corrected chi connectivity index (χ1v) is 5.98. The molecule has 15 heavy (non-hydrogen) atoms. The lowest BCUT2D eigenvalue weighted by atomic mass is 10.0. The highest BCUT2D eigenvalue weighted by atomic mass is 35.5. The Balaban J connectivity index is 2.59. The molecule has 0 aliphatic rings. The smallest absolute Gasteiger partial charge is 0.184 e. The Morgan fingerprint density at radius 2 is 1.93 bits per heavy atom. The second-order valence-electron chi connectivity index (χ2n) is 3.69. The van der Waals surface area contributed by atoms with Crippen LogP contribution in [0.15, 0.2) is 18.2 Å². The number of halogens is 1. The van der Waals surface area contributed by atoms with E-state index in [0.717, 1.165) is 5.69 Å². The molecule has 78 valence electrons. The molecule has 0 spiro atoms. The molecular formula is C12H12ClNS. The number of hydrogen-bond donors (Lipinski definition) is 0. The van der Waals surface area contributed by atoms with Crippen molar-refractivity contribution in [3.05, 3.63) is 38.7 Å². The lowest BCUT2D eigenvalue weighted by molar-refractivity contribution is 1.32. The van der Waals surface area contributed by atoms with Gasteiger partial charge in [0.1, 0.15) is 0 Å².